The van der Waals surface area contributed by atoms with Gasteiger partial charge < -0.3 is 9.64 Å². The van der Waals surface area contributed by atoms with Crippen LogP contribution in [0.1, 0.15) is 6.42 Å². The van der Waals surface area contributed by atoms with Gasteiger partial charge in [0.15, 0.2) is 0 Å². The lowest BCUT2D eigenvalue weighted by atomic mass is 10.2. The zero-order valence-corrected chi connectivity index (χ0v) is 14.1. The number of fused-ring (bicyclic) bond motifs is 3. The summed E-state index contributed by atoms with van der Waals surface area (Å²) in [6.45, 7) is 1.89. The normalized spacial score (nSPS) is 23.1. The molecule has 3 aromatic rings. The number of imidazole rings is 1. The standard InChI is InChI=1S/C18H16BrN3O/c19-12-1-6-17-18(7-12)22(11-20-17)14-4-2-13(3-5-14)21-9-16-8-15(21)10-23-16/h1-7,11,15-16H,8-10H2/t15-,16-/m0/s1. The number of rotatable bonds is 2. The molecule has 2 atom stereocenters. The second kappa shape index (κ2) is 5.08. The number of aromatic nitrogens is 2. The minimum Gasteiger partial charge on any atom is -0.374 e. The van der Waals surface area contributed by atoms with E-state index in [4.69, 9.17) is 4.74 Å². The van der Waals surface area contributed by atoms with Gasteiger partial charge in [0.25, 0.3) is 0 Å². The highest BCUT2D eigenvalue weighted by molar-refractivity contribution is 9.10. The molecular formula is C18H16BrN3O. The first-order chi connectivity index (χ1) is 11.3. The highest BCUT2D eigenvalue weighted by atomic mass is 79.9. The van der Waals surface area contributed by atoms with Gasteiger partial charge in [-0.05, 0) is 48.9 Å². The summed E-state index contributed by atoms with van der Waals surface area (Å²) < 4.78 is 8.88. The lowest BCUT2D eigenvalue weighted by Crippen LogP contribution is -2.36. The largest absolute Gasteiger partial charge is 0.374 e. The van der Waals surface area contributed by atoms with Gasteiger partial charge in [-0.2, -0.15) is 0 Å². The summed E-state index contributed by atoms with van der Waals surface area (Å²) in [4.78, 5) is 6.96. The SMILES string of the molecule is Brc1ccc2ncn(-c3ccc(N4C[C@@H]5C[C@H]4CO5)cc3)c2c1. The van der Waals surface area contributed by atoms with Crippen LogP contribution in [0.3, 0.4) is 0 Å². The molecule has 0 aliphatic carbocycles. The van der Waals surface area contributed by atoms with Crippen molar-refractivity contribution in [3.05, 3.63) is 53.3 Å². The number of hydrogen-bond acceptors (Lipinski definition) is 3. The molecule has 5 heteroatoms. The number of benzene rings is 2. The van der Waals surface area contributed by atoms with Crippen LogP contribution in [-0.2, 0) is 4.74 Å². The van der Waals surface area contributed by atoms with Gasteiger partial charge in [0.05, 0.1) is 29.8 Å². The molecule has 2 saturated heterocycles. The number of anilines is 1. The molecule has 2 aliphatic rings. The molecule has 0 amide bonds. The maximum atomic E-state index is 5.69. The maximum absolute atomic E-state index is 5.69. The second-order valence-electron chi connectivity index (χ2n) is 6.26. The molecule has 116 valence electrons. The summed E-state index contributed by atoms with van der Waals surface area (Å²) in [7, 11) is 0. The van der Waals surface area contributed by atoms with Crippen molar-refractivity contribution in [2.75, 3.05) is 18.1 Å². The topological polar surface area (TPSA) is 30.3 Å². The summed E-state index contributed by atoms with van der Waals surface area (Å²) in [6, 6.07) is 15.5. The summed E-state index contributed by atoms with van der Waals surface area (Å²) in [5.74, 6) is 0. The van der Waals surface area contributed by atoms with E-state index in [-0.39, 0.29) is 0 Å². The van der Waals surface area contributed by atoms with Crippen molar-refractivity contribution >= 4 is 32.7 Å². The average molecular weight is 370 g/mol. The van der Waals surface area contributed by atoms with Crippen molar-refractivity contribution in [3.8, 4) is 5.69 Å². The van der Waals surface area contributed by atoms with E-state index < -0.39 is 0 Å². The van der Waals surface area contributed by atoms with Gasteiger partial charge in [-0.25, -0.2) is 4.98 Å². The van der Waals surface area contributed by atoms with E-state index in [9.17, 15) is 0 Å². The third kappa shape index (κ3) is 2.18. The zero-order chi connectivity index (χ0) is 15.4. The van der Waals surface area contributed by atoms with Gasteiger partial charge in [0.2, 0.25) is 0 Å². The molecule has 23 heavy (non-hydrogen) atoms. The lowest BCUT2D eigenvalue weighted by molar-refractivity contribution is 0.0991. The molecule has 5 rings (SSSR count). The van der Waals surface area contributed by atoms with E-state index in [1.54, 1.807) is 0 Å². The van der Waals surface area contributed by atoms with Gasteiger partial charge in [-0.1, -0.05) is 15.9 Å². The molecule has 2 bridgehead atoms. The number of hydrogen-bond donors (Lipinski definition) is 0. The number of halogens is 1. The Kier molecular flexibility index (Phi) is 3.00. The number of morpholine rings is 1. The van der Waals surface area contributed by atoms with Crippen molar-refractivity contribution in [1.82, 2.24) is 9.55 Å². The fourth-order valence-electron chi connectivity index (χ4n) is 3.71. The molecule has 1 aromatic heterocycles. The Morgan fingerprint density at radius 1 is 1.09 bits per heavy atom. The average Bonchev–Trinajstić information content (AvgIpc) is 3.29. The second-order valence-corrected chi connectivity index (χ2v) is 7.18. The molecule has 0 N–H and O–H groups in total. The Bertz CT molecular complexity index is 874. The van der Waals surface area contributed by atoms with Crippen LogP contribution in [0.2, 0.25) is 0 Å². The van der Waals surface area contributed by atoms with E-state index in [2.05, 4.69) is 60.7 Å². The molecule has 0 radical (unpaired) electrons. The minimum atomic E-state index is 0.426. The molecule has 0 unspecified atom stereocenters. The highest BCUT2D eigenvalue weighted by Gasteiger charge is 2.38. The monoisotopic (exact) mass is 369 g/mol. The first-order valence-electron chi connectivity index (χ1n) is 7.89. The first-order valence-corrected chi connectivity index (χ1v) is 8.68. The van der Waals surface area contributed by atoms with E-state index in [0.29, 0.717) is 12.1 Å². The van der Waals surface area contributed by atoms with Crippen LogP contribution >= 0.6 is 15.9 Å². The van der Waals surface area contributed by atoms with E-state index in [1.807, 2.05) is 18.5 Å². The Hall–Kier alpha value is -1.85. The van der Waals surface area contributed by atoms with Gasteiger partial charge in [0.1, 0.15) is 6.33 Å². The molecule has 3 heterocycles. The first kappa shape index (κ1) is 13.6. The van der Waals surface area contributed by atoms with Crippen LogP contribution in [0.5, 0.6) is 0 Å². The molecule has 0 spiro atoms. The Morgan fingerprint density at radius 3 is 2.65 bits per heavy atom. The van der Waals surface area contributed by atoms with E-state index >= 15 is 0 Å². The Labute approximate surface area is 142 Å². The quantitative estimate of drug-likeness (QED) is 0.688. The van der Waals surface area contributed by atoms with Crippen molar-refractivity contribution < 1.29 is 4.74 Å². The predicted octanol–water partition coefficient (Wildman–Crippen LogP) is 3.77. The van der Waals surface area contributed by atoms with Crippen LogP contribution in [0.15, 0.2) is 53.3 Å². The Balaban J connectivity index is 1.50. The number of ether oxygens (including phenoxy) is 1. The van der Waals surface area contributed by atoms with E-state index in [0.717, 1.165) is 34.3 Å². The molecule has 2 fully saturated rings. The highest BCUT2D eigenvalue weighted by Crippen LogP contribution is 2.33. The molecule has 2 aliphatic heterocycles. The van der Waals surface area contributed by atoms with Gasteiger partial charge >= 0.3 is 0 Å². The molecular weight excluding hydrogens is 354 g/mol. The minimum absolute atomic E-state index is 0.426. The number of nitrogens with zero attached hydrogens (tertiary/aromatic N) is 3. The molecule has 4 nitrogen and oxygen atoms in total. The molecule has 2 aromatic carbocycles. The van der Waals surface area contributed by atoms with E-state index in [1.165, 1.54) is 12.1 Å². The lowest BCUT2D eigenvalue weighted by Gasteiger charge is -2.29. The fraction of sp³-hybridized carbons (Fsp3) is 0.278. The van der Waals surface area contributed by atoms with Crippen molar-refractivity contribution in [1.29, 1.82) is 0 Å². The van der Waals surface area contributed by atoms with Crippen molar-refractivity contribution in [2.24, 2.45) is 0 Å². The van der Waals surface area contributed by atoms with Crippen LogP contribution in [0, 0.1) is 0 Å². The van der Waals surface area contributed by atoms with Crippen LogP contribution in [0.25, 0.3) is 16.7 Å². The van der Waals surface area contributed by atoms with Gasteiger partial charge in [-0.15, -0.1) is 0 Å². The summed E-state index contributed by atoms with van der Waals surface area (Å²) in [6.07, 6.45) is 3.48. The van der Waals surface area contributed by atoms with Crippen LogP contribution < -0.4 is 4.90 Å². The van der Waals surface area contributed by atoms with Gasteiger partial charge in [0, 0.05) is 22.4 Å². The summed E-state index contributed by atoms with van der Waals surface area (Å²) >= 11 is 3.54. The zero-order valence-electron chi connectivity index (χ0n) is 12.5. The third-order valence-electron chi connectivity index (χ3n) is 4.87. The van der Waals surface area contributed by atoms with Crippen molar-refractivity contribution in [3.63, 3.8) is 0 Å². The smallest absolute Gasteiger partial charge is 0.100 e. The van der Waals surface area contributed by atoms with Crippen LogP contribution in [0.4, 0.5) is 5.69 Å². The maximum Gasteiger partial charge on any atom is 0.100 e. The Morgan fingerprint density at radius 2 is 1.91 bits per heavy atom. The predicted molar refractivity (Wildman–Crippen MR) is 94.3 cm³/mol. The summed E-state index contributed by atoms with van der Waals surface area (Å²) in [5.41, 5.74) is 4.54. The molecule has 0 saturated carbocycles. The van der Waals surface area contributed by atoms with Gasteiger partial charge in [-0.3, -0.25) is 4.57 Å². The fourth-order valence-corrected chi connectivity index (χ4v) is 4.06. The third-order valence-corrected chi connectivity index (χ3v) is 5.36. The van der Waals surface area contributed by atoms with Crippen molar-refractivity contribution in [2.45, 2.75) is 18.6 Å². The summed E-state index contributed by atoms with van der Waals surface area (Å²) in [5, 5.41) is 0. The van der Waals surface area contributed by atoms with Crippen LogP contribution in [-0.4, -0.2) is 34.8 Å².